The van der Waals surface area contributed by atoms with Crippen LogP contribution in [0.3, 0.4) is 0 Å². The predicted molar refractivity (Wildman–Crippen MR) is 114 cm³/mol. The van der Waals surface area contributed by atoms with Gasteiger partial charge in [0.15, 0.2) is 0 Å². The number of fused-ring (bicyclic) bond motifs is 1. The number of carboxylic acid groups (broad SMARTS) is 1. The average Bonchev–Trinajstić information content (AvgIpc) is 3.34. The number of anilines is 1. The molecule has 2 fully saturated rings. The Morgan fingerprint density at radius 2 is 1.97 bits per heavy atom. The Labute approximate surface area is 191 Å². The van der Waals surface area contributed by atoms with Crippen LogP contribution in [0, 0.1) is 0 Å². The van der Waals surface area contributed by atoms with Crippen LogP contribution in [0.25, 0.3) is 22.4 Å². The van der Waals surface area contributed by atoms with Crippen molar-refractivity contribution in [2.75, 3.05) is 31.1 Å². The molecule has 4 heterocycles. The fourth-order valence-corrected chi connectivity index (χ4v) is 4.41. The van der Waals surface area contributed by atoms with Gasteiger partial charge in [0.25, 0.3) is 0 Å². The number of carbonyl (C=O) groups excluding carboxylic acids is 1. The van der Waals surface area contributed by atoms with Crippen molar-refractivity contribution in [1.82, 2.24) is 19.9 Å². The molecule has 2 N–H and O–H groups in total. The van der Waals surface area contributed by atoms with Crippen molar-refractivity contribution < 1.29 is 32.6 Å². The second-order valence-corrected chi connectivity index (χ2v) is 8.51. The lowest BCUT2D eigenvalue weighted by Gasteiger charge is -2.37. The van der Waals surface area contributed by atoms with Gasteiger partial charge in [-0.25, -0.2) is 14.8 Å². The van der Waals surface area contributed by atoms with E-state index < -0.39 is 29.4 Å². The first-order valence-electron chi connectivity index (χ1n) is 10.6. The summed E-state index contributed by atoms with van der Waals surface area (Å²) in [5, 5.41) is 8.94. The summed E-state index contributed by atoms with van der Waals surface area (Å²) >= 11 is 0. The van der Waals surface area contributed by atoms with E-state index >= 15 is 0 Å². The van der Waals surface area contributed by atoms with Crippen LogP contribution < -0.4 is 4.90 Å². The number of nitrogens with zero attached hydrogens (tertiary/aromatic N) is 4. The summed E-state index contributed by atoms with van der Waals surface area (Å²) in [6, 6.07) is 6.97. The fraction of sp³-hybridized carbons (Fsp3) is 0.364. The normalized spacial score (nSPS) is 18.0. The largest absolute Gasteiger partial charge is 0.480 e. The highest BCUT2D eigenvalue weighted by Gasteiger charge is 2.47. The van der Waals surface area contributed by atoms with E-state index in [1.165, 1.54) is 11.0 Å². The van der Waals surface area contributed by atoms with Crippen molar-refractivity contribution >= 4 is 28.9 Å². The van der Waals surface area contributed by atoms with Crippen LogP contribution in [0.2, 0.25) is 0 Å². The summed E-state index contributed by atoms with van der Waals surface area (Å²) in [5.41, 5.74) is -0.0915. The highest BCUT2D eigenvalue weighted by Crippen LogP contribution is 2.35. The summed E-state index contributed by atoms with van der Waals surface area (Å²) in [4.78, 5) is 37.9. The van der Waals surface area contributed by atoms with Crippen molar-refractivity contribution in [2.45, 2.75) is 24.6 Å². The van der Waals surface area contributed by atoms with E-state index in [4.69, 9.17) is 9.84 Å². The standard InChI is InChI=1S/C22H20F3N5O4/c23-22(24,25)14-2-3-15-16(9-14)28-19(27-15)13-1-4-17(26-10-13)29-7-5-21(6-8-29)12-30(11-18(31)32)20(33)34-21/h1-4,9-10H,5-8,11-12H2,(H,27,28)(H,31,32). The number of rotatable bonds is 4. The van der Waals surface area contributed by atoms with Gasteiger partial charge >= 0.3 is 18.2 Å². The molecular formula is C22H20F3N5O4. The number of imidazole rings is 1. The smallest absolute Gasteiger partial charge is 0.416 e. The van der Waals surface area contributed by atoms with Crippen LogP contribution in [-0.2, 0) is 15.7 Å². The number of piperidine rings is 1. The molecule has 12 heteroatoms. The number of pyridine rings is 1. The van der Waals surface area contributed by atoms with Crippen molar-refractivity contribution in [2.24, 2.45) is 0 Å². The zero-order chi connectivity index (χ0) is 24.1. The molecule has 0 atom stereocenters. The first-order chi connectivity index (χ1) is 16.1. The number of aromatic nitrogens is 3. The van der Waals surface area contributed by atoms with E-state index in [-0.39, 0.29) is 18.6 Å². The van der Waals surface area contributed by atoms with Crippen LogP contribution >= 0.6 is 0 Å². The Kier molecular flexibility index (Phi) is 5.10. The molecule has 0 unspecified atom stereocenters. The maximum atomic E-state index is 12.9. The highest BCUT2D eigenvalue weighted by atomic mass is 19.4. The Bertz CT molecular complexity index is 1250. The predicted octanol–water partition coefficient (Wildman–Crippen LogP) is 3.52. The molecule has 0 bridgehead atoms. The first kappa shape index (κ1) is 22.0. The second-order valence-electron chi connectivity index (χ2n) is 8.51. The number of alkyl halides is 3. The van der Waals surface area contributed by atoms with Crippen molar-refractivity contribution in [1.29, 1.82) is 0 Å². The van der Waals surface area contributed by atoms with Crippen LogP contribution in [0.1, 0.15) is 18.4 Å². The molecule has 1 spiro atoms. The third kappa shape index (κ3) is 4.11. The number of H-pyrrole nitrogens is 1. The van der Waals surface area contributed by atoms with Gasteiger partial charge in [-0.05, 0) is 30.3 Å². The topological polar surface area (TPSA) is 112 Å². The lowest BCUT2D eigenvalue weighted by atomic mass is 9.91. The van der Waals surface area contributed by atoms with Crippen molar-refractivity contribution in [3.63, 3.8) is 0 Å². The van der Waals surface area contributed by atoms with Gasteiger partial charge in [-0.2, -0.15) is 13.2 Å². The van der Waals surface area contributed by atoms with Gasteiger partial charge in [0, 0.05) is 37.7 Å². The minimum Gasteiger partial charge on any atom is -0.480 e. The van der Waals surface area contributed by atoms with E-state index in [2.05, 4.69) is 15.0 Å². The van der Waals surface area contributed by atoms with Gasteiger partial charge in [-0.1, -0.05) is 0 Å². The number of halogens is 3. The van der Waals surface area contributed by atoms with Gasteiger partial charge in [0.05, 0.1) is 23.1 Å². The van der Waals surface area contributed by atoms with Gasteiger partial charge < -0.3 is 19.7 Å². The number of carbonyl (C=O) groups is 2. The van der Waals surface area contributed by atoms with Crippen molar-refractivity contribution in [3.8, 4) is 11.4 Å². The SMILES string of the molecule is O=C(O)CN1CC2(CCN(c3ccc(-c4nc5cc(C(F)(F)F)ccc5[nH]4)cn3)CC2)OC1=O. The van der Waals surface area contributed by atoms with E-state index in [1.54, 1.807) is 18.3 Å². The quantitative estimate of drug-likeness (QED) is 0.594. The van der Waals surface area contributed by atoms with Crippen LogP contribution in [0.15, 0.2) is 36.5 Å². The molecule has 2 aliphatic rings. The molecule has 5 rings (SSSR count). The monoisotopic (exact) mass is 475 g/mol. The van der Waals surface area contributed by atoms with Gasteiger partial charge in [-0.3, -0.25) is 9.69 Å². The summed E-state index contributed by atoms with van der Waals surface area (Å²) in [6.07, 6.45) is -2.35. The summed E-state index contributed by atoms with van der Waals surface area (Å²) in [6.45, 7) is 1.02. The minimum atomic E-state index is -4.44. The number of carboxylic acids is 1. The zero-order valence-corrected chi connectivity index (χ0v) is 17.8. The molecule has 2 aliphatic heterocycles. The third-order valence-electron chi connectivity index (χ3n) is 6.20. The molecule has 9 nitrogen and oxygen atoms in total. The van der Waals surface area contributed by atoms with E-state index in [9.17, 15) is 22.8 Å². The molecule has 34 heavy (non-hydrogen) atoms. The number of ether oxygens (including phenoxy) is 1. The van der Waals surface area contributed by atoms with E-state index in [0.29, 0.717) is 48.7 Å². The number of aromatic amines is 1. The molecule has 3 aromatic rings. The Balaban J connectivity index is 1.26. The van der Waals surface area contributed by atoms with E-state index in [0.717, 1.165) is 12.1 Å². The number of nitrogens with one attached hydrogen (secondary N) is 1. The molecule has 0 saturated carbocycles. The molecule has 1 amide bonds. The van der Waals surface area contributed by atoms with Gasteiger partial charge in [-0.15, -0.1) is 0 Å². The van der Waals surface area contributed by atoms with Crippen molar-refractivity contribution in [3.05, 3.63) is 42.1 Å². The van der Waals surface area contributed by atoms with Crippen LogP contribution in [0.4, 0.5) is 23.8 Å². The molecule has 0 radical (unpaired) electrons. The lowest BCUT2D eigenvalue weighted by molar-refractivity contribution is -0.138. The maximum Gasteiger partial charge on any atom is 0.416 e. The Hall–Kier alpha value is -3.83. The molecule has 178 valence electrons. The minimum absolute atomic E-state index is 0.221. The number of aliphatic carboxylic acids is 1. The zero-order valence-electron chi connectivity index (χ0n) is 17.8. The molecule has 1 aromatic carbocycles. The number of benzene rings is 1. The second kappa shape index (κ2) is 7.89. The molecule has 2 aromatic heterocycles. The Morgan fingerprint density at radius 1 is 1.21 bits per heavy atom. The number of hydrogen-bond donors (Lipinski definition) is 2. The Morgan fingerprint density at radius 3 is 2.62 bits per heavy atom. The molecule has 2 saturated heterocycles. The molecule has 0 aliphatic carbocycles. The van der Waals surface area contributed by atoms with Gasteiger partial charge in [0.1, 0.15) is 23.8 Å². The van der Waals surface area contributed by atoms with Crippen LogP contribution in [0.5, 0.6) is 0 Å². The number of amides is 1. The molecular weight excluding hydrogens is 455 g/mol. The summed E-state index contributed by atoms with van der Waals surface area (Å²) < 4.78 is 44.4. The maximum absolute atomic E-state index is 12.9. The van der Waals surface area contributed by atoms with Gasteiger partial charge in [0.2, 0.25) is 0 Å². The fourth-order valence-electron chi connectivity index (χ4n) is 4.41. The highest BCUT2D eigenvalue weighted by molar-refractivity contribution is 5.80. The van der Waals surface area contributed by atoms with Crippen LogP contribution in [-0.4, -0.2) is 68.8 Å². The lowest BCUT2D eigenvalue weighted by Crippen LogP contribution is -2.47. The summed E-state index contributed by atoms with van der Waals surface area (Å²) in [7, 11) is 0. The third-order valence-corrected chi connectivity index (χ3v) is 6.20. The average molecular weight is 475 g/mol. The first-order valence-corrected chi connectivity index (χ1v) is 10.6. The number of hydrogen-bond acceptors (Lipinski definition) is 6. The summed E-state index contributed by atoms with van der Waals surface area (Å²) in [5.74, 6) is 0.0455. The van der Waals surface area contributed by atoms with E-state index in [1.807, 2.05) is 4.90 Å².